The SMILES string of the molecule is CN[C@@H](CC(=O)O)C(=O)S. The molecule has 0 aromatic carbocycles. The number of hydrogen-bond donors (Lipinski definition) is 3. The molecule has 0 amide bonds. The summed E-state index contributed by atoms with van der Waals surface area (Å²) in [5, 5.41) is 10.3. The molecule has 0 spiro atoms. The van der Waals surface area contributed by atoms with Gasteiger partial charge in [0.05, 0.1) is 12.5 Å². The van der Waals surface area contributed by atoms with E-state index in [9.17, 15) is 9.59 Å². The van der Waals surface area contributed by atoms with Gasteiger partial charge >= 0.3 is 5.97 Å². The van der Waals surface area contributed by atoms with Gasteiger partial charge in [-0.3, -0.25) is 9.59 Å². The van der Waals surface area contributed by atoms with Crippen LogP contribution in [0.4, 0.5) is 0 Å². The second-order valence-electron chi connectivity index (χ2n) is 1.78. The highest BCUT2D eigenvalue weighted by Gasteiger charge is 2.15. The Bertz CT molecular complexity index is 148. The Morgan fingerprint density at radius 3 is 2.30 bits per heavy atom. The molecule has 0 aromatic rings. The summed E-state index contributed by atoms with van der Waals surface area (Å²) in [7, 11) is 1.52. The zero-order chi connectivity index (χ0) is 8.15. The predicted octanol–water partition coefficient (Wildman–Crippen LogP) is -0.494. The smallest absolute Gasteiger partial charge is 0.305 e. The average Bonchev–Trinajstić information content (AvgIpc) is 1.81. The third-order valence-electron chi connectivity index (χ3n) is 1.03. The van der Waals surface area contributed by atoms with Crippen LogP contribution in [-0.2, 0) is 9.59 Å². The number of rotatable bonds is 4. The van der Waals surface area contributed by atoms with Gasteiger partial charge < -0.3 is 10.4 Å². The summed E-state index contributed by atoms with van der Waals surface area (Å²) < 4.78 is 0. The summed E-state index contributed by atoms with van der Waals surface area (Å²) in [6.07, 6.45) is -0.223. The van der Waals surface area contributed by atoms with Gasteiger partial charge in [0.15, 0.2) is 0 Å². The van der Waals surface area contributed by atoms with Gasteiger partial charge in [0.2, 0.25) is 5.12 Å². The fourth-order valence-electron chi connectivity index (χ4n) is 0.487. The van der Waals surface area contributed by atoms with E-state index < -0.39 is 17.1 Å². The van der Waals surface area contributed by atoms with Crippen molar-refractivity contribution in [3.63, 3.8) is 0 Å². The lowest BCUT2D eigenvalue weighted by atomic mass is 10.2. The van der Waals surface area contributed by atoms with Crippen LogP contribution in [-0.4, -0.2) is 29.3 Å². The maximum atomic E-state index is 10.4. The standard InChI is InChI=1S/C5H9NO3S/c1-6-3(5(9)10)2-4(7)8/h3,6H,2H2,1H3,(H,7,8)(H,9,10)/t3-/m0/s1. The molecule has 0 aliphatic carbocycles. The highest BCUT2D eigenvalue weighted by Crippen LogP contribution is 1.95. The fraction of sp³-hybridized carbons (Fsp3) is 0.600. The predicted molar refractivity (Wildman–Crippen MR) is 39.1 cm³/mol. The Hall–Kier alpha value is -0.550. The number of hydrogen-bond acceptors (Lipinski definition) is 3. The Morgan fingerprint density at radius 2 is 2.20 bits per heavy atom. The molecule has 0 radical (unpaired) electrons. The van der Waals surface area contributed by atoms with Crippen LogP contribution in [0.3, 0.4) is 0 Å². The first-order valence-electron chi connectivity index (χ1n) is 2.69. The molecule has 0 fully saturated rings. The minimum Gasteiger partial charge on any atom is -0.481 e. The summed E-state index contributed by atoms with van der Waals surface area (Å²) in [6, 6.07) is -0.680. The Labute approximate surface area is 64.0 Å². The molecule has 58 valence electrons. The Morgan fingerprint density at radius 1 is 1.70 bits per heavy atom. The lowest BCUT2D eigenvalue weighted by Crippen LogP contribution is -2.33. The number of carboxylic acids is 1. The molecule has 0 bridgehead atoms. The maximum Gasteiger partial charge on any atom is 0.305 e. The number of thiol groups is 1. The maximum absolute atomic E-state index is 10.4. The summed E-state index contributed by atoms with van der Waals surface area (Å²) in [6.45, 7) is 0. The van der Waals surface area contributed by atoms with Crippen molar-refractivity contribution in [1.29, 1.82) is 0 Å². The van der Waals surface area contributed by atoms with E-state index in [1.54, 1.807) is 0 Å². The molecule has 1 atom stereocenters. The largest absolute Gasteiger partial charge is 0.481 e. The monoisotopic (exact) mass is 163 g/mol. The second kappa shape index (κ2) is 4.29. The molecule has 0 unspecified atom stereocenters. The Kier molecular flexibility index (Phi) is 4.06. The average molecular weight is 163 g/mol. The van der Waals surface area contributed by atoms with Gasteiger partial charge in [-0.25, -0.2) is 0 Å². The Balaban J connectivity index is 3.83. The molecule has 0 heterocycles. The van der Waals surface area contributed by atoms with E-state index in [-0.39, 0.29) is 6.42 Å². The van der Waals surface area contributed by atoms with E-state index in [1.165, 1.54) is 7.05 Å². The van der Waals surface area contributed by atoms with Crippen LogP contribution in [0.5, 0.6) is 0 Å². The molecule has 4 nitrogen and oxygen atoms in total. The molecule has 5 heteroatoms. The number of carboxylic acid groups (broad SMARTS) is 1. The minimum atomic E-state index is -1.01. The number of carbonyl (C=O) groups excluding carboxylic acids is 1. The summed E-state index contributed by atoms with van der Waals surface area (Å²) in [5.41, 5.74) is 0. The third-order valence-corrected chi connectivity index (χ3v) is 1.34. The van der Waals surface area contributed by atoms with Gasteiger partial charge in [-0.05, 0) is 7.05 Å². The lowest BCUT2D eigenvalue weighted by Gasteiger charge is -2.07. The van der Waals surface area contributed by atoms with E-state index in [0.717, 1.165) is 0 Å². The highest BCUT2D eigenvalue weighted by atomic mass is 32.1. The van der Waals surface area contributed by atoms with Gasteiger partial charge in [0.25, 0.3) is 0 Å². The summed E-state index contributed by atoms with van der Waals surface area (Å²) in [5.74, 6) is -1.01. The van der Waals surface area contributed by atoms with Crippen molar-refractivity contribution in [1.82, 2.24) is 5.32 Å². The van der Waals surface area contributed by atoms with Crippen LogP contribution in [0.25, 0.3) is 0 Å². The number of carbonyl (C=O) groups is 2. The summed E-state index contributed by atoms with van der Waals surface area (Å²) in [4.78, 5) is 20.5. The summed E-state index contributed by atoms with van der Waals surface area (Å²) >= 11 is 3.48. The van der Waals surface area contributed by atoms with E-state index in [1.807, 2.05) is 0 Å². The van der Waals surface area contributed by atoms with Crippen LogP contribution in [0.15, 0.2) is 0 Å². The molecule has 2 N–H and O–H groups in total. The molecule has 0 rings (SSSR count). The van der Waals surface area contributed by atoms with Gasteiger partial charge in [0, 0.05) is 0 Å². The molecule has 10 heavy (non-hydrogen) atoms. The van der Waals surface area contributed by atoms with Gasteiger partial charge in [0.1, 0.15) is 0 Å². The minimum absolute atomic E-state index is 0.223. The topological polar surface area (TPSA) is 66.4 Å². The number of nitrogens with one attached hydrogen (secondary N) is 1. The van der Waals surface area contributed by atoms with Crippen molar-refractivity contribution >= 4 is 23.7 Å². The number of aliphatic carboxylic acids is 1. The van der Waals surface area contributed by atoms with Crippen molar-refractivity contribution in [2.75, 3.05) is 7.05 Å². The van der Waals surface area contributed by atoms with Crippen molar-refractivity contribution in [2.45, 2.75) is 12.5 Å². The zero-order valence-electron chi connectivity index (χ0n) is 5.50. The van der Waals surface area contributed by atoms with Crippen LogP contribution in [0.1, 0.15) is 6.42 Å². The molecule has 0 saturated heterocycles. The van der Waals surface area contributed by atoms with Crippen molar-refractivity contribution < 1.29 is 14.7 Å². The van der Waals surface area contributed by atoms with E-state index in [4.69, 9.17) is 5.11 Å². The van der Waals surface area contributed by atoms with E-state index >= 15 is 0 Å². The molecular formula is C5H9NO3S. The first-order valence-corrected chi connectivity index (χ1v) is 3.14. The molecular weight excluding hydrogens is 154 g/mol. The molecule has 0 saturated carbocycles. The third kappa shape index (κ3) is 3.47. The quantitative estimate of drug-likeness (QED) is 0.489. The molecule has 0 aromatic heterocycles. The van der Waals surface area contributed by atoms with Crippen molar-refractivity contribution in [3.8, 4) is 0 Å². The highest BCUT2D eigenvalue weighted by molar-refractivity contribution is 7.96. The molecule has 0 aliphatic rings. The van der Waals surface area contributed by atoms with Crippen LogP contribution >= 0.6 is 12.6 Å². The lowest BCUT2D eigenvalue weighted by molar-refractivity contribution is -0.138. The zero-order valence-corrected chi connectivity index (χ0v) is 6.39. The van der Waals surface area contributed by atoms with Crippen molar-refractivity contribution in [3.05, 3.63) is 0 Å². The van der Waals surface area contributed by atoms with Gasteiger partial charge in [-0.2, -0.15) is 0 Å². The van der Waals surface area contributed by atoms with Crippen LogP contribution < -0.4 is 5.32 Å². The van der Waals surface area contributed by atoms with Gasteiger partial charge in [-0.15, -0.1) is 12.6 Å². The van der Waals surface area contributed by atoms with Crippen LogP contribution in [0, 0.1) is 0 Å². The first kappa shape index (κ1) is 9.45. The fourth-order valence-corrected chi connectivity index (χ4v) is 0.708. The van der Waals surface area contributed by atoms with Crippen LogP contribution in [0.2, 0.25) is 0 Å². The number of likely N-dealkylation sites (N-methyl/N-ethyl adjacent to an activating group) is 1. The van der Waals surface area contributed by atoms with E-state index in [0.29, 0.717) is 0 Å². The normalized spacial score (nSPS) is 12.6. The second-order valence-corrected chi connectivity index (χ2v) is 2.22. The molecule has 0 aliphatic heterocycles. The van der Waals surface area contributed by atoms with Gasteiger partial charge in [-0.1, -0.05) is 0 Å². The first-order chi connectivity index (χ1) is 4.57. The van der Waals surface area contributed by atoms with E-state index in [2.05, 4.69) is 17.9 Å². The van der Waals surface area contributed by atoms with Crippen molar-refractivity contribution in [2.24, 2.45) is 0 Å².